The zero-order valence-electron chi connectivity index (χ0n) is 26.4. The average molecular weight is 606 g/mol. The fraction of sp³-hybridized carbons (Fsp3) is 0.500. The quantitative estimate of drug-likeness (QED) is 0.306. The fourth-order valence-electron chi connectivity index (χ4n) is 5.80. The van der Waals surface area contributed by atoms with Gasteiger partial charge in [-0.3, -0.25) is 9.78 Å². The summed E-state index contributed by atoms with van der Waals surface area (Å²) in [5.41, 5.74) is 2.18. The average Bonchev–Trinajstić information content (AvgIpc) is 3.02. The standard InChI is InChI=1S/C34H43N3O7/c1-34(2,3)44-33(39)37(22-23-6-9-30-31(18-23)43-17-16-42-30)25-10-13-36(14-11-25)15-12-29-28-20-26(40-4)7-8-27(28)24(21-35-29)19-32(38)41-5/h6-9,18,20-21,25H,10-17,19,22H2,1-5H3. The lowest BCUT2D eigenvalue weighted by Crippen LogP contribution is -2.48. The van der Waals surface area contributed by atoms with Gasteiger partial charge >= 0.3 is 12.1 Å². The zero-order chi connectivity index (χ0) is 31.3. The Balaban J connectivity index is 1.26. The molecule has 44 heavy (non-hydrogen) atoms. The number of pyridine rings is 1. The van der Waals surface area contributed by atoms with Crippen molar-refractivity contribution in [3.63, 3.8) is 0 Å². The molecule has 3 aromatic rings. The number of fused-ring (bicyclic) bond motifs is 2. The number of likely N-dealkylation sites (tertiary alicyclic amines) is 1. The van der Waals surface area contributed by atoms with E-state index in [1.807, 2.05) is 62.1 Å². The highest BCUT2D eigenvalue weighted by Crippen LogP contribution is 2.32. The van der Waals surface area contributed by atoms with Crippen molar-refractivity contribution in [1.29, 1.82) is 0 Å². The number of rotatable bonds is 9. The van der Waals surface area contributed by atoms with E-state index >= 15 is 0 Å². The van der Waals surface area contributed by atoms with E-state index < -0.39 is 5.60 Å². The third-order valence-corrected chi connectivity index (χ3v) is 8.07. The van der Waals surface area contributed by atoms with E-state index in [-0.39, 0.29) is 24.5 Å². The summed E-state index contributed by atoms with van der Waals surface area (Å²) in [6, 6.07) is 11.8. The fourth-order valence-corrected chi connectivity index (χ4v) is 5.80. The summed E-state index contributed by atoms with van der Waals surface area (Å²) in [5, 5.41) is 1.96. The highest BCUT2D eigenvalue weighted by atomic mass is 16.6. The number of amides is 1. The summed E-state index contributed by atoms with van der Waals surface area (Å²) < 4.78 is 27.7. The molecule has 0 spiro atoms. The number of carbonyl (C=O) groups excluding carboxylic acids is 2. The van der Waals surface area contributed by atoms with Gasteiger partial charge in [0.15, 0.2) is 11.5 Å². The lowest BCUT2D eigenvalue weighted by molar-refractivity contribution is -0.139. The van der Waals surface area contributed by atoms with Crippen molar-refractivity contribution in [2.45, 2.75) is 64.6 Å². The van der Waals surface area contributed by atoms with Gasteiger partial charge in [0, 0.05) is 55.9 Å². The molecule has 2 aliphatic heterocycles. The van der Waals surface area contributed by atoms with E-state index in [0.717, 1.165) is 78.0 Å². The minimum Gasteiger partial charge on any atom is -0.497 e. The molecule has 1 fully saturated rings. The van der Waals surface area contributed by atoms with E-state index in [1.54, 1.807) is 13.3 Å². The molecule has 10 heteroatoms. The van der Waals surface area contributed by atoms with Crippen LogP contribution in [0.5, 0.6) is 17.2 Å². The van der Waals surface area contributed by atoms with Crippen LogP contribution in [0.25, 0.3) is 10.8 Å². The first-order chi connectivity index (χ1) is 21.1. The number of nitrogens with zero attached hydrogens (tertiary/aromatic N) is 3. The van der Waals surface area contributed by atoms with Crippen LogP contribution in [0.15, 0.2) is 42.6 Å². The molecule has 0 aliphatic carbocycles. The molecule has 2 aliphatic rings. The van der Waals surface area contributed by atoms with Gasteiger partial charge in [-0.25, -0.2) is 4.79 Å². The summed E-state index contributed by atoms with van der Waals surface area (Å²) in [7, 11) is 3.04. The van der Waals surface area contributed by atoms with Crippen LogP contribution in [-0.4, -0.2) is 85.6 Å². The first-order valence-corrected chi connectivity index (χ1v) is 15.3. The van der Waals surface area contributed by atoms with E-state index in [2.05, 4.69) is 4.90 Å². The first kappa shape index (κ1) is 31.4. The molecule has 0 atom stereocenters. The number of methoxy groups -OCH3 is 2. The number of benzene rings is 2. The second-order valence-electron chi connectivity index (χ2n) is 12.3. The second-order valence-corrected chi connectivity index (χ2v) is 12.3. The van der Waals surface area contributed by atoms with E-state index in [0.29, 0.717) is 25.5 Å². The number of hydrogen-bond donors (Lipinski definition) is 0. The van der Waals surface area contributed by atoms with Gasteiger partial charge in [0.1, 0.15) is 24.6 Å². The molecule has 2 aromatic carbocycles. The van der Waals surface area contributed by atoms with Crippen LogP contribution >= 0.6 is 0 Å². The smallest absolute Gasteiger partial charge is 0.410 e. The highest BCUT2D eigenvalue weighted by molar-refractivity contribution is 5.91. The van der Waals surface area contributed by atoms with Crippen LogP contribution in [0, 0.1) is 0 Å². The number of piperidine rings is 1. The van der Waals surface area contributed by atoms with Crippen molar-refractivity contribution in [3.05, 3.63) is 59.4 Å². The molecule has 0 bridgehead atoms. The van der Waals surface area contributed by atoms with Gasteiger partial charge in [-0.2, -0.15) is 0 Å². The zero-order valence-corrected chi connectivity index (χ0v) is 26.4. The van der Waals surface area contributed by atoms with Gasteiger partial charge in [0.05, 0.1) is 20.6 Å². The van der Waals surface area contributed by atoms with Crippen molar-refractivity contribution in [3.8, 4) is 17.2 Å². The maximum atomic E-state index is 13.4. The van der Waals surface area contributed by atoms with Gasteiger partial charge in [0.2, 0.25) is 0 Å². The Labute approximate surface area is 259 Å². The van der Waals surface area contributed by atoms with Gasteiger partial charge in [0.25, 0.3) is 0 Å². The Morgan fingerprint density at radius 1 is 1.00 bits per heavy atom. The molecule has 0 N–H and O–H groups in total. The monoisotopic (exact) mass is 605 g/mol. The van der Waals surface area contributed by atoms with Gasteiger partial charge in [-0.15, -0.1) is 0 Å². The molecule has 0 radical (unpaired) electrons. The Kier molecular flexibility index (Phi) is 9.78. The van der Waals surface area contributed by atoms with E-state index in [9.17, 15) is 9.59 Å². The Hall–Kier alpha value is -4.05. The molecule has 0 saturated carbocycles. The first-order valence-electron chi connectivity index (χ1n) is 15.3. The third-order valence-electron chi connectivity index (χ3n) is 8.07. The molecule has 0 unspecified atom stereocenters. The molecule has 1 saturated heterocycles. The number of esters is 1. The van der Waals surface area contributed by atoms with Crippen LogP contribution < -0.4 is 14.2 Å². The van der Waals surface area contributed by atoms with Crippen LogP contribution in [0.2, 0.25) is 0 Å². The Morgan fingerprint density at radius 2 is 1.75 bits per heavy atom. The Morgan fingerprint density at radius 3 is 2.45 bits per heavy atom. The van der Waals surface area contributed by atoms with Crippen LogP contribution in [-0.2, 0) is 33.7 Å². The maximum Gasteiger partial charge on any atom is 0.410 e. The minimum atomic E-state index is -0.590. The van der Waals surface area contributed by atoms with E-state index in [4.69, 9.17) is 28.7 Å². The predicted octanol–water partition coefficient (Wildman–Crippen LogP) is 5.17. The van der Waals surface area contributed by atoms with Gasteiger partial charge in [-0.1, -0.05) is 12.1 Å². The number of carbonyl (C=O) groups is 2. The SMILES string of the molecule is COC(=O)Cc1cnc(CCN2CCC(N(Cc3ccc4c(c3)OCCO4)C(=O)OC(C)(C)C)CC2)c2cc(OC)ccc12. The second kappa shape index (κ2) is 13.7. The summed E-state index contributed by atoms with van der Waals surface area (Å²) >= 11 is 0. The largest absolute Gasteiger partial charge is 0.497 e. The molecular weight excluding hydrogens is 562 g/mol. The van der Waals surface area contributed by atoms with Crippen molar-refractivity contribution in [2.75, 3.05) is 47.1 Å². The summed E-state index contributed by atoms with van der Waals surface area (Å²) in [6.07, 6.45) is 4.07. The minimum absolute atomic E-state index is 0.0510. The van der Waals surface area contributed by atoms with Gasteiger partial charge < -0.3 is 33.5 Å². The molecule has 10 nitrogen and oxygen atoms in total. The van der Waals surface area contributed by atoms with Crippen molar-refractivity contribution in [1.82, 2.24) is 14.8 Å². The van der Waals surface area contributed by atoms with Crippen LogP contribution in [0.1, 0.15) is 50.4 Å². The topological polar surface area (TPSA) is 99.7 Å². The third kappa shape index (κ3) is 7.72. The molecule has 236 valence electrons. The molecule has 1 amide bonds. The molecular formula is C34H43N3O7. The normalized spacial score (nSPS) is 15.6. The number of aromatic nitrogens is 1. The van der Waals surface area contributed by atoms with Crippen molar-refractivity contribution in [2.24, 2.45) is 0 Å². The summed E-state index contributed by atoms with van der Waals surface area (Å²) in [4.78, 5) is 34.4. The van der Waals surface area contributed by atoms with Crippen LogP contribution in [0.3, 0.4) is 0 Å². The lowest BCUT2D eigenvalue weighted by atomic mass is 10.00. The maximum absolute atomic E-state index is 13.4. The lowest BCUT2D eigenvalue weighted by Gasteiger charge is -2.39. The summed E-state index contributed by atoms with van der Waals surface area (Å²) in [5.74, 6) is 1.89. The highest BCUT2D eigenvalue weighted by Gasteiger charge is 2.31. The predicted molar refractivity (Wildman–Crippen MR) is 166 cm³/mol. The number of hydrogen-bond acceptors (Lipinski definition) is 9. The van der Waals surface area contributed by atoms with Crippen molar-refractivity contribution < 1.29 is 33.3 Å². The van der Waals surface area contributed by atoms with Crippen LogP contribution in [0.4, 0.5) is 4.79 Å². The summed E-state index contributed by atoms with van der Waals surface area (Å²) in [6.45, 7) is 9.71. The Bertz CT molecular complexity index is 1480. The van der Waals surface area contributed by atoms with E-state index in [1.165, 1.54) is 7.11 Å². The van der Waals surface area contributed by atoms with Crippen molar-refractivity contribution >= 4 is 22.8 Å². The molecule has 5 rings (SSSR count). The van der Waals surface area contributed by atoms with Gasteiger partial charge in [-0.05, 0) is 74.4 Å². The molecule has 3 heterocycles. The number of ether oxygens (including phenoxy) is 5. The molecule has 1 aromatic heterocycles.